The summed E-state index contributed by atoms with van der Waals surface area (Å²) in [5.74, 6) is 0.222. The van der Waals surface area contributed by atoms with Crippen molar-refractivity contribution < 1.29 is 19.4 Å². The minimum atomic E-state index is 0.0690. The summed E-state index contributed by atoms with van der Waals surface area (Å²) in [5.41, 5.74) is 3.13. The number of anilines is 1. The molecule has 0 aliphatic carbocycles. The third-order valence-electron chi connectivity index (χ3n) is 5.88. The standard InChI is InChI=1S/C23H38N4O2/c1-5-6-7-11-20(4)24-21(28)16-26-12-14-27(15-13-26)17-22(29)25-23-18(2)9-8-10-19(23)3/h8-10,20H,5-7,11-17H2,1-4H3,(H,24,28)(H,25,29)/p+2/t20-/m1/s1. The van der Waals surface area contributed by atoms with Crippen molar-refractivity contribution in [2.45, 2.75) is 59.4 Å². The van der Waals surface area contributed by atoms with Crippen molar-refractivity contribution in [3.8, 4) is 0 Å². The molecule has 0 saturated carbocycles. The first-order valence-electron chi connectivity index (χ1n) is 11.2. The van der Waals surface area contributed by atoms with E-state index in [1.54, 1.807) is 0 Å². The van der Waals surface area contributed by atoms with Crippen LogP contribution in [0.3, 0.4) is 0 Å². The van der Waals surface area contributed by atoms with E-state index in [1.165, 1.54) is 29.1 Å². The number of aryl methyl sites for hydroxylation is 2. The molecule has 29 heavy (non-hydrogen) atoms. The van der Waals surface area contributed by atoms with Gasteiger partial charge in [0.2, 0.25) is 0 Å². The van der Waals surface area contributed by atoms with E-state index >= 15 is 0 Å². The normalized spacial score (nSPS) is 20.1. The molecule has 1 atom stereocenters. The number of unbranched alkanes of at least 4 members (excludes halogenated alkanes) is 2. The minimum Gasteiger partial charge on any atom is -0.349 e. The van der Waals surface area contributed by atoms with Crippen LogP contribution in [0, 0.1) is 13.8 Å². The van der Waals surface area contributed by atoms with Crippen LogP contribution in [-0.4, -0.2) is 57.1 Å². The Morgan fingerprint density at radius 3 is 2.07 bits per heavy atom. The van der Waals surface area contributed by atoms with E-state index in [-0.39, 0.29) is 17.9 Å². The Morgan fingerprint density at radius 2 is 1.52 bits per heavy atom. The number of hydrogen-bond donors (Lipinski definition) is 4. The summed E-state index contributed by atoms with van der Waals surface area (Å²) in [6.45, 7) is 13.1. The van der Waals surface area contributed by atoms with Crippen LogP contribution >= 0.6 is 0 Å². The van der Waals surface area contributed by atoms with Gasteiger partial charge in [-0.25, -0.2) is 0 Å². The van der Waals surface area contributed by atoms with Crippen molar-refractivity contribution in [2.75, 3.05) is 44.6 Å². The van der Waals surface area contributed by atoms with E-state index in [2.05, 4.69) is 24.5 Å². The largest absolute Gasteiger partial charge is 0.349 e. The van der Waals surface area contributed by atoms with Gasteiger partial charge in [-0.1, -0.05) is 44.4 Å². The van der Waals surface area contributed by atoms with Crippen molar-refractivity contribution in [1.82, 2.24) is 5.32 Å². The predicted molar refractivity (Wildman–Crippen MR) is 117 cm³/mol. The highest BCUT2D eigenvalue weighted by Gasteiger charge is 2.26. The quantitative estimate of drug-likeness (QED) is 0.418. The lowest BCUT2D eigenvalue weighted by Crippen LogP contribution is -3.28. The molecule has 1 aliphatic rings. The monoisotopic (exact) mass is 404 g/mol. The Balaban J connectivity index is 1.68. The summed E-state index contributed by atoms with van der Waals surface area (Å²) in [6, 6.07) is 6.31. The van der Waals surface area contributed by atoms with E-state index in [4.69, 9.17) is 0 Å². The molecule has 162 valence electrons. The highest BCUT2D eigenvalue weighted by Crippen LogP contribution is 2.18. The van der Waals surface area contributed by atoms with E-state index in [0.717, 1.165) is 49.4 Å². The number of nitrogens with one attached hydrogen (secondary N) is 4. The van der Waals surface area contributed by atoms with Crippen LogP contribution in [0.1, 0.15) is 50.7 Å². The molecular weight excluding hydrogens is 364 g/mol. The molecule has 1 fully saturated rings. The number of piperazine rings is 1. The summed E-state index contributed by atoms with van der Waals surface area (Å²) >= 11 is 0. The van der Waals surface area contributed by atoms with Crippen molar-refractivity contribution in [3.05, 3.63) is 29.3 Å². The van der Waals surface area contributed by atoms with Gasteiger partial charge in [-0.15, -0.1) is 0 Å². The zero-order valence-electron chi connectivity index (χ0n) is 18.7. The summed E-state index contributed by atoms with van der Waals surface area (Å²) in [7, 11) is 0. The molecule has 6 heteroatoms. The number of carbonyl (C=O) groups excluding carboxylic acids is 2. The van der Waals surface area contributed by atoms with Gasteiger partial charge in [-0.3, -0.25) is 9.59 Å². The molecule has 2 amide bonds. The fraction of sp³-hybridized carbons (Fsp3) is 0.652. The average molecular weight is 405 g/mol. The molecule has 0 aromatic heterocycles. The lowest BCUT2D eigenvalue weighted by molar-refractivity contribution is -1.00. The molecule has 1 aliphatic heterocycles. The summed E-state index contributed by atoms with van der Waals surface area (Å²) in [6.07, 6.45) is 4.67. The molecule has 4 N–H and O–H groups in total. The first kappa shape index (κ1) is 23.4. The second kappa shape index (κ2) is 11.9. The number of rotatable bonds is 10. The number of para-hydroxylation sites is 1. The Labute approximate surface area is 176 Å². The van der Waals surface area contributed by atoms with Crippen LogP contribution < -0.4 is 20.4 Å². The van der Waals surface area contributed by atoms with Gasteiger partial charge in [0.25, 0.3) is 11.8 Å². The van der Waals surface area contributed by atoms with E-state index < -0.39 is 0 Å². The number of quaternary nitrogens is 2. The maximum absolute atomic E-state index is 12.5. The lowest BCUT2D eigenvalue weighted by Gasteiger charge is -2.29. The van der Waals surface area contributed by atoms with Gasteiger partial charge in [-0.05, 0) is 38.3 Å². The first-order valence-corrected chi connectivity index (χ1v) is 11.2. The summed E-state index contributed by atoms with van der Waals surface area (Å²) < 4.78 is 0. The number of amides is 2. The summed E-state index contributed by atoms with van der Waals surface area (Å²) in [5, 5.41) is 6.22. The third kappa shape index (κ3) is 8.15. The van der Waals surface area contributed by atoms with Crippen LogP contribution in [0.4, 0.5) is 5.69 Å². The van der Waals surface area contributed by atoms with E-state index in [9.17, 15) is 9.59 Å². The van der Waals surface area contributed by atoms with Gasteiger partial charge in [0.15, 0.2) is 13.1 Å². The molecule has 6 nitrogen and oxygen atoms in total. The maximum Gasteiger partial charge on any atom is 0.279 e. The lowest BCUT2D eigenvalue weighted by atomic mass is 10.1. The van der Waals surface area contributed by atoms with Crippen LogP contribution in [0.5, 0.6) is 0 Å². The van der Waals surface area contributed by atoms with Gasteiger partial charge in [0.05, 0.1) is 0 Å². The SMILES string of the molecule is CCCCC[C@@H](C)NC(=O)C[NH+]1CC[NH+](CC(=O)Nc2c(C)cccc2C)CC1. The second-order valence-corrected chi connectivity index (χ2v) is 8.63. The molecule has 1 aromatic rings. The van der Waals surface area contributed by atoms with Crippen molar-refractivity contribution >= 4 is 17.5 Å². The Bertz CT molecular complexity index is 649. The van der Waals surface area contributed by atoms with Gasteiger partial charge >= 0.3 is 0 Å². The molecule has 1 saturated heterocycles. The fourth-order valence-electron chi connectivity index (χ4n) is 4.06. The molecule has 2 rings (SSSR count). The van der Waals surface area contributed by atoms with Crippen LogP contribution in [0.15, 0.2) is 18.2 Å². The number of benzene rings is 1. The Kier molecular flexibility index (Phi) is 9.61. The molecular formula is C23H40N4O2+2. The smallest absolute Gasteiger partial charge is 0.279 e. The molecule has 0 radical (unpaired) electrons. The zero-order valence-corrected chi connectivity index (χ0v) is 18.7. The molecule has 0 bridgehead atoms. The highest BCUT2D eigenvalue weighted by atomic mass is 16.2. The first-order chi connectivity index (χ1) is 13.9. The number of hydrogen-bond acceptors (Lipinski definition) is 2. The van der Waals surface area contributed by atoms with Crippen LogP contribution in [0.25, 0.3) is 0 Å². The van der Waals surface area contributed by atoms with Gasteiger partial charge < -0.3 is 20.4 Å². The highest BCUT2D eigenvalue weighted by molar-refractivity contribution is 5.93. The van der Waals surface area contributed by atoms with E-state index in [1.807, 2.05) is 32.0 Å². The maximum atomic E-state index is 12.5. The molecule has 0 spiro atoms. The van der Waals surface area contributed by atoms with Gasteiger partial charge in [-0.2, -0.15) is 0 Å². The fourth-order valence-corrected chi connectivity index (χ4v) is 4.06. The Morgan fingerprint density at radius 1 is 0.966 bits per heavy atom. The summed E-state index contributed by atoms with van der Waals surface area (Å²) in [4.78, 5) is 27.4. The predicted octanol–water partition coefficient (Wildman–Crippen LogP) is 0.110. The van der Waals surface area contributed by atoms with E-state index in [0.29, 0.717) is 13.1 Å². The molecule has 0 unspecified atom stereocenters. The van der Waals surface area contributed by atoms with Gasteiger partial charge in [0.1, 0.15) is 26.2 Å². The second-order valence-electron chi connectivity index (χ2n) is 8.63. The third-order valence-corrected chi connectivity index (χ3v) is 5.88. The van der Waals surface area contributed by atoms with Crippen LogP contribution in [-0.2, 0) is 9.59 Å². The van der Waals surface area contributed by atoms with Crippen molar-refractivity contribution in [2.24, 2.45) is 0 Å². The molecule has 1 aromatic carbocycles. The Hall–Kier alpha value is -1.92. The van der Waals surface area contributed by atoms with Crippen LogP contribution in [0.2, 0.25) is 0 Å². The topological polar surface area (TPSA) is 67.1 Å². The van der Waals surface area contributed by atoms with Crippen molar-refractivity contribution in [3.63, 3.8) is 0 Å². The average Bonchev–Trinajstić information content (AvgIpc) is 2.66. The number of carbonyl (C=O) groups is 2. The van der Waals surface area contributed by atoms with Gasteiger partial charge in [0, 0.05) is 11.7 Å². The van der Waals surface area contributed by atoms with Crippen molar-refractivity contribution in [1.29, 1.82) is 0 Å². The zero-order chi connectivity index (χ0) is 21.2. The minimum absolute atomic E-state index is 0.0690. The molecule has 1 heterocycles.